The molecule has 1 saturated heterocycles. The van der Waals surface area contributed by atoms with Crippen molar-refractivity contribution in [3.8, 4) is 5.75 Å². The molecule has 3 rings (SSSR count). The number of nitrogens with one attached hydrogen (secondary N) is 2. The Bertz CT molecular complexity index is 840. The molecule has 2 aromatic carbocycles. The second kappa shape index (κ2) is 10.8. The quantitative estimate of drug-likeness (QED) is 0.296. The lowest BCUT2D eigenvalue weighted by molar-refractivity contribution is -0.143. The largest absolute Gasteiger partial charge is 0.489 e. The molecule has 5 N–H and O–H groups in total. The standard InChI is InChI=1S/C21H25N3O4.ClH/c22-24-20(25)16-5-2-6-18(11-16)28-13-15-4-1-3-14(9-15)10-19(21(26)27)17-7-8-23-12-17;/h1-6,9,11,17,19,23H,7-8,10,12-13,22H2,(H,24,25)(H,26,27);1H/t17-,19-;/m0./s1. The molecule has 1 aliphatic heterocycles. The summed E-state index contributed by atoms with van der Waals surface area (Å²) in [6.07, 6.45) is 1.40. The summed E-state index contributed by atoms with van der Waals surface area (Å²) in [6.45, 7) is 1.96. The summed E-state index contributed by atoms with van der Waals surface area (Å²) in [7, 11) is 0. The van der Waals surface area contributed by atoms with Gasteiger partial charge in [-0.2, -0.15) is 0 Å². The number of carbonyl (C=O) groups excluding carboxylic acids is 1. The maximum Gasteiger partial charge on any atom is 0.307 e. The van der Waals surface area contributed by atoms with Gasteiger partial charge >= 0.3 is 5.97 Å². The zero-order valence-electron chi connectivity index (χ0n) is 16.0. The molecule has 1 fully saturated rings. The zero-order chi connectivity index (χ0) is 19.9. The Morgan fingerprint density at radius 1 is 1.21 bits per heavy atom. The van der Waals surface area contributed by atoms with Crippen LogP contribution < -0.4 is 21.3 Å². The fourth-order valence-electron chi connectivity index (χ4n) is 3.55. The van der Waals surface area contributed by atoms with Gasteiger partial charge in [0.05, 0.1) is 5.92 Å². The average molecular weight is 420 g/mol. The van der Waals surface area contributed by atoms with Gasteiger partial charge in [0.2, 0.25) is 0 Å². The van der Waals surface area contributed by atoms with E-state index in [4.69, 9.17) is 10.6 Å². The first kappa shape index (κ1) is 22.7. The minimum atomic E-state index is -0.745. The van der Waals surface area contributed by atoms with Gasteiger partial charge in [-0.05, 0) is 61.2 Å². The maximum atomic E-state index is 11.7. The van der Waals surface area contributed by atoms with E-state index in [1.807, 2.05) is 24.3 Å². The second-order valence-electron chi connectivity index (χ2n) is 7.01. The second-order valence-corrected chi connectivity index (χ2v) is 7.01. The van der Waals surface area contributed by atoms with Crippen LogP contribution >= 0.6 is 12.4 Å². The molecule has 2 aromatic rings. The number of halogens is 1. The summed E-state index contributed by atoms with van der Waals surface area (Å²) < 4.78 is 5.79. The van der Waals surface area contributed by atoms with Crippen molar-refractivity contribution >= 4 is 24.3 Å². The molecule has 1 aliphatic rings. The average Bonchev–Trinajstić information content (AvgIpc) is 3.24. The topological polar surface area (TPSA) is 114 Å². The lowest BCUT2D eigenvalue weighted by atomic mass is 9.86. The first-order chi connectivity index (χ1) is 13.6. The third-order valence-corrected chi connectivity index (χ3v) is 5.06. The van der Waals surface area contributed by atoms with E-state index in [1.165, 1.54) is 0 Å². The molecule has 156 valence electrons. The van der Waals surface area contributed by atoms with Crippen molar-refractivity contribution in [2.45, 2.75) is 19.4 Å². The number of aliphatic carboxylic acids is 1. The van der Waals surface area contributed by atoms with Crippen LogP contribution in [-0.2, 0) is 17.8 Å². The van der Waals surface area contributed by atoms with E-state index in [1.54, 1.807) is 24.3 Å². The van der Waals surface area contributed by atoms with E-state index < -0.39 is 11.9 Å². The third kappa shape index (κ3) is 6.19. The van der Waals surface area contributed by atoms with Crippen molar-refractivity contribution in [2.75, 3.05) is 13.1 Å². The number of carboxylic acids is 1. The summed E-state index contributed by atoms with van der Waals surface area (Å²) in [5.74, 6) is 4.36. The van der Waals surface area contributed by atoms with Gasteiger partial charge < -0.3 is 15.2 Å². The van der Waals surface area contributed by atoms with Crippen LogP contribution in [0.2, 0.25) is 0 Å². The molecule has 8 heteroatoms. The Morgan fingerprint density at radius 3 is 2.66 bits per heavy atom. The summed E-state index contributed by atoms with van der Waals surface area (Å²) in [4.78, 5) is 23.3. The van der Waals surface area contributed by atoms with E-state index in [-0.39, 0.29) is 24.2 Å². The Kier molecular flexibility index (Phi) is 8.45. The van der Waals surface area contributed by atoms with Crippen molar-refractivity contribution in [1.29, 1.82) is 0 Å². The first-order valence-electron chi connectivity index (χ1n) is 9.32. The van der Waals surface area contributed by atoms with E-state index >= 15 is 0 Å². The van der Waals surface area contributed by atoms with Crippen molar-refractivity contribution in [3.05, 3.63) is 65.2 Å². The summed E-state index contributed by atoms with van der Waals surface area (Å²) in [5, 5.41) is 12.9. The maximum absolute atomic E-state index is 11.7. The number of amides is 1. The molecular formula is C21H26ClN3O4. The minimum absolute atomic E-state index is 0. The van der Waals surface area contributed by atoms with E-state index in [0.717, 1.165) is 30.6 Å². The van der Waals surface area contributed by atoms with E-state index in [9.17, 15) is 14.7 Å². The molecule has 0 saturated carbocycles. The van der Waals surface area contributed by atoms with Crippen molar-refractivity contribution in [2.24, 2.45) is 17.7 Å². The highest BCUT2D eigenvalue weighted by atomic mass is 35.5. The fraction of sp³-hybridized carbons (Fsp3) is 0.333. The zero-order valence-corrected chi connectivity index (χ0v) is 16.8. The Balaban J connectivity index is 0.00000300. The number of carboxylic acid groups (broad SMARTS) is 1. The SMILES string of the molecule is Cl.NNC(=O)c1cccc(OCc2cccc(C[C@H](C(=O)O)[C@H]3CCNC3)c2)c1. The number of carbonyl (C=O) groups is 2. The van der Waals surface area contributed by atoms with Gasteiger partial charge in [0.15, 0.2) is 0 Å². The van der Waals surface area contributed by atoms with Crippen LogP contribution in [0.3, 0.4) is 0 Å². The number of benzene rings is 2. The van der Waals surface area contributed by atoms with Gasteiger partial charge in [-0.1, -0.05) is 30.3 Å². The van der Waals surface area contributed by atoms with Crippen molar-refractivity contribution in [3.63, 3.8) is 0 Å². The van der Waals surface area contributed by atoms with Gasteiger partial charge in [-0.3, -0.25) is 15.0 Å². The van der Waals surface area contributed by atoms with Gasteiger partial charge in [0.25, 0.3) is 5.91 Å². The Hall–Kier alpha value is -2.61. The van der Waals surface area contributed by atoms with Crippen LogP contribution in [0.1, 0.15) is 27.9 Å². The molecule has 0 radical (unpaired) electrons. The number of hydrogen-bond acceptors (Lipinski definition) is 5. The van der Waals surface area contributed by atoms with Crippen LogP contribution in [0.5, 0.6) is 5.75 Å². The van der Waals surface area contributed by atoms with Crippen LogP contribution in [0.4, 0.5) is 0 Å². The van der Waals surface area contributed by atoms with E-state index in [2.05, 4.69) is 10.7 Å². The number of hydrogen-bond donors (Lipinski definition) is 4. The molecule has 1 heterocycles. The van der Waals surface area contributed by atoms with Crippen molar-refractivity contribution < 1.29 is 19.4 Å². The highest BCUT2D eigenvalue weighted by Gasteiger charge is 2.30. The summed E-state index contributed by atoms with van der Waals surface area (Å²) in [5.41, 5.74) is 4.44. The van der Waals surface area contributed by atoms with Gasteiger partial charge in [0.1, 0.15) is 12.4 Å². The lowest BCUT2D eigenvalue weighted by Crippen LogP contribution is -2.29. The Morgan fingerprint density at radius 2 is 1.97 bits per heavy atom. The predicted molar refractivity (Wildman–Crippen MR) is 112 cm³/mol. The molecule has 2 atom stereocenters. The Labute approximate surface area is 176 Å². The summed E-state index contributed by atoms with van der Waals surface area (Å²) >= 11 is 0. The van der Waals surface area contributed by atoms with Crippen LogP contribution in [0.15, 0.2) is 48.5 Å². The van der Waals surface area contributed by atoms with Gasteiger partial charge in [-0.25, -0.2) is 5.84 Å². The van der Waals surface area contributed by atoms with E-state index in [0.29, 0.717) is 24.3 Å². The smallest absolute Gasteiger partial charge is 0.307 e. The monoisotopic (exact) mass is 419 g/mol. The highest BCUT2D eigenvalue weighted by Crippen LogP contribution is 2.24. The molecule has 0 bridgehead atoms. The van der Waals surface area contributed by atoms with Gasteiger partial charge in [0, 0.05) is 5.56 Å². The van der Waals surface area contributed by atoms with Crippen LogP contribution in [-0.4, -0.2) is 30.1 Å². The van der Waals surface area contributed by atoms with Crippen LogP contribution in [0, 0.1) is 11.8 Å². The molecular weight excluding hydrogens is 394 g/mol. The number of nitrogen functional groups attached to an aromatic ring is 1. The normalized spacial score (nSPS) is 16.5. The number of hydrazine groups is 1. The highest BCUT2D eigenvalue weighted by molar-refractivity contribution is 5.94. The molecule has 0 spiro atoms. The fourth-order valence-corrected chi connectivity index (χ4v) is 3.55. The summed E-state index contributed by atoms with van der Waals surface area (Å²) in [6, 6.07) is 14.6. The molecule has 1 amide bonds. The lowest BCUT2D eigenvalue weighted by Gasteiger charge is -2.19. The van der Waals surface area contributed by atoms with Crippen LogP contribution in [0.25, 0.3) is 0 Å². The molecule has 0 aromatic heterocycles. The number of ether oxygens (including phenoxy) is 1. The predicted octanol–water partition coefficient (Wildman–Crippen LogP) is 2.14. The number of nitrogens with two attached hydrogens (primary N) is 1. The molecule has 0 aliphatic carbocycles. The van der Waals surface area contributed by atoms with Crippen molar-refractivity contribution in [1.82, 2.24) is 10.7 Å². The third-order valence-electron chi connectivity index (χ3n) is 5.06. The molecule has 0 unspecified atom stereocenters. The number of rotatable bonds is 8. The minimum Gasteiger partial charge on any atom is -0.489 e. The molecule has 7 nitrogen and oxygen atoms in total. The van der Waals surface area contributed by atoms with Gasteiger partial charge in [-0.15, -0.1) is 12.4 Å². The molecule has 29 heavy (non-hydrogen) atoms. The first-order valence-corrected chi connectivity index (χ1v) is 9.32.